The van der Waals surface area contributed by atoms with E-state index in [2.05, 4.69) is 5.32 Å². The smallest absolute Gasteiger partial charge is 0.243 e. The van der Waals surface area contributed by atoms with Crippen LogP contribution in [0.4, 0.5) is 0 Å². The number of hydrogen-bond acceptors (Lipinski definition) is 3. The van der Waals surface area contributed by atoms with Crippen molar-refractivity contribution in [2.24, 2.45) is 23.2 Å². The fourth-order valence-corrected chi connectivity index (χ4v) is 7.03. The molecule has 2 atom stereocenters. The lowest BCUT2D eigenvalue weighted by Crippen LogP contribution is -2.57. The van der Waals surface area contributed by atoms with Crippen molar-refractivity contribution < 1.29 is 14.0 Å². The van der Waals surface area contributed by atoms with E-state index < -0.39 is 0 Å². The summed E-state index contributed by atoms with van der Waals surface area (Å²) in [5.74, 6) is 4.09. The number of likely N-dealkylation sites (tertiary alicyclic amines) is 1. The topological polar surface area (TPSA) is 62.6 Å². The Balaban J connectivity index is 1.30. The van der Waals surface area contributed by atoms with Crippen LogP contribution in [-0.2, 0) is 9.59 Å². The molecular formula is C23H32N2O3. The maximum atomic E-state index is 13.7. The Bertz CT molecular complexity index is 747. The van der Waals surface area contributed by atoms with E-state index in [0.29, 0.717) is 0 Å². The van der Waals surface area contributed by atoms with Crippen LogP contribution in [-0.4, -0.2) is 29.3 Å². The van der Waals surface area contributed by atoms with Gasteiger partial charge in [0, 0.05) is 6.54 Å². The van der Waals surface area contributed by atoms with Crippen molar-refractivity contribution >= 4 is 11.8 Å². The molecule has 0 aromatic carbocycles. The lowest BCUT2D eigenvalue weighted by atomic mass is 9.49. The van der Waals surface area contributed by atoms with E-state index >= 15 is 0 Å². The largest absolute Gasteiger partial charge is 0.464 e. The highest BCUT2D eigenvalue weighted by Gasteiger charge is 2.56. The predicted octanol–water partition coefficient (Wildman–Crippen LogP) is 3.97. The van der Waals surface area contributed by atoms with Gasteiger partial charge < -0.3 is 14.6 Å². The van der Waals surface area contributed by atoms with Gasteiger partial charge in [0.05, 0.1) is 11.5 Å². The van der Waals surface area contributed by atoms with E-state index in [1.54, 1.807) is 0 Å². The van der Waals surface area contributed by atoms with E-state index in [1.165, 1.54) is 19.3 Å². The summed E-state index contributed by atoms with van der Waals surface area (Å²) in [6, 6.07) is 3.32. The lowest BCUT2D eigenvalue weighted by molar-refractivity contribution is -0.160. The van der Waals surface area contributed by atoms with Crippen LogP contribution in [0.3, 0.4) is 0 Å². The maximum absolute atomic E-state index is 13.7. The van der Waals surface area contributed by atoms with Gasteiger partial charge in [0.1, 0.15) is 17.6 Å². The number of carbonyl (C=O) groups is 2. The van der Waals surface area contributed by atoms with Gasteiger partial charge >= 0.3 is 0 Å². The molecule has 6 rings (SSSR count). The second kappa shape index (κ2) is 6.64. The van der Waals surface area contributed by atoms with Crippen molar-refractivity contribution in [3.63, 3.8) is 0 Å². The summed E-state index contributed by atoms with van der Waals surface area (Å²) >= 11 is 0. The second-order valence-corrected chi connectivity index (χ2v) is 10.0. The number of nitrogens with one attached hydrogen (secondary N) is 1. The summed E-state index contributed by atoms with van der Waals surface area (Å²) in [4.78, 5) is 28.7. The van der Waals surface area contributed by atoms with Crippen molar-refractivity contribution in [1.29, 1.82) is 0 Å². The molecule has 152 valence electrons. The van der Waals surface area contributed by atoms with Crippen LogP contribution in [0.25, 0.3) is 0 Å². The number of hydrogen-bond donors (Lipinski definition) is 1. The van der Waals surface area contributed by atoms with E-state index in [9.17, 15) is 9.59 Å². The SMILES string of the molecule is Cc1ccc(C(C)NC(=O)C2CCCN2C(=O)C23CC4CC(CC(C4)C2)C3)o1. The fraction of sp³-hybridized carbons (Fsp3) is 0.739. The number of furan rings is 1. The standard InChI is InChI=1S/C23H32N2O3/c1-14-5-6-20(28-14)15(2)24-21(26)19-4-3-7-25(19)22(27)23-11-16-8-17(12-23)10-18(9-16)13-23/h5-6,15-19H,3-4,7-13H2,1-2H3,(H,24,26). The first-order chi connectivity index (χ1) is 13.4. The highest BCUT2D eigenvalue weighted by Crippen LogP contribution is 2.60. The number of amides is 2. The van der Waals surface area contributed by atoms with E-state index in [0.717, 1.165) is 67.9 Å². The van der Waals surface area contributed by atoms with Gasteiger partial charge in [-0.05, 0) is 95.1 Å². The Kier molecular flexibility index (Phi) is 4.33. The van der Waals surface area contributed by atoms with Crippen LogP contribution < -0.4 is 5.32 Å². The predicted molar refractivity (Wildman–Crippen MR) is 105 cm³/mol. The average Bonchev–Trinajstić information content (AvgIpc) is 3.29. The lowest BCUT2D eigenvalue weighted by Gasteiger charge is -2.56. The van der Waals surface area contributed by atoms with E-state index in [-0.39, 0.29) is 29.3 Å². The Morgan fingerprint density at radius 3 is 2.36 bits per heavy atom. The van der Waals surface area contributed by atoms with Gasteiger partial charge in [0.15, 0.2) is 0 Å². The Hall–Kier alpha value is -1.78. The molecule has 1 aliphatic heterocycles. The van der Waals surface area contributed by atoms with Crippen molar-refractivity contribution in [2.75, 3.05) is 6.54 Å². The molecule has 2 heterocycles. The van der Waals surface area contributed by atoms with Gasteiger partial charge in [-0.2, -0.15) is 0 Å². The maximum Gasteiger partial charge on any atom is 0.243 e. The van der Waals surface area contributed by atoms with Crippen molar-refractivity contribution in [3.05, 3.63) is 23.7 Å². The zero-order chi connectivity index (χ0) is 19.5. The molecule has 0 spiro atoms. The molecule has 0 radical (unpaired) electrons. The molecule has 1 N–H and O–H groups in total. The summed E-state index contributed by atoms with van der Waals surface area (Å²) in [6.45, 7) is 4.57. The van der Waals surface area contributed by atoms with Gasteiger partial charge in [0.2, 0.25) is 11.8 Å². The Morgan fingerprint density at radius 2 is 1.79 bits per heavy atom. The van der Waals surface area contributed by atoms with Gasteiger partial charge in [-0.3, -0.25) is 9.59 Å². The molecular weight excluding hydrogens is 352 g/mol. The normalized spacial score (nSPS) is 37.3. The fourth-order valence-electron chi connectivity index (χ4n) is 7.03. The molecule has 5 fully saturated rings. The van der Waals surface area contributed by atoms with Crippen LogP contribution >= 0.6 is 0 Å². The molecule has 5 heteroatoms. The third-order valence-corrected chi connectivity index (χ3v) is 7.85. The zero-order valence-electron chi connectivity index (χ0n) is 17.1. The van der Waals surface area contributed by atoms with Crippen LogP contribution in [0.2, 0.25) is 0 Å². The molecule has 4 bridgehead atoms. The summed E-state index contributed by atoms with van der Waals surface area (Å²) < 4.78 is 5.65. The van der Waals surface area contributed by atoms with Gasteiger partial charge in [-0.25, -0.2) is 0 Å². The first-order valence-electron chi connectivity index (χ1n) is 11.1. The molecule has 4 saturated carbocycles. The third-order valence-electron chi connectivity index (χ3n) is 7.85. The monoisotopic (exact) mass is 384 g/mol. The Morgan fingerprint density at radius 1 is 1.14 bits per heavy atom. The highest BCUT2D eigenvalue weighted by molar-refractivity contribution is 5.91. The quantitative estimate of drug-likeness (QED) is 0.854. The average molecular weight is 385 g/mol. The van der Waals surface area contributed by atoms with E-state index in [1.807, 2.05) is 30.9 Å². The highest BCUT2D eigenvalue weighted by atomic mass is 16.3. The van der Waals surface area contributed by atoms with Crippen LogP contribution in [0, 0.1) is 30.1 Å². The Labute approximate surface area is 167 Å². The molecule has 5 aliphatic rings. The van der Waals surface area contributed by atoms with Gasteiger partial charge in [-0.1, -0.05) is 0 Å². The molecule has 1 saturated heterocycles. The number of rotatable bonds is 4. The zero-order valence-corrected chi connectivity index (χ0v) is 17.1. The summed E-state index contributed by atoms with van der Waals surface area (Å²) in [5, 5.41) is 3.08. The molecule has 4 aliphatic carbocycles. The second-order valence-electron chi connectivity index (χ2n) is 10.0. The molecule has 5 nitrogen and oxygen atoms in total. The van der Waals surface area contributed by atoms with Crippen molar-refractivity contribution in [3.8, 4) is 0 Å². The first-order valence-corrected chi connectivity index (χ1v) is 11.1. The number of carbonyl (C=O) groups excluding carboxylic acids is 2. The van der Waals surface area contributed by atoms with Crippen LogP contribution in [0.1, 0.15) is 75.9 Å². The summed E-state index contributed by atoms with van der Waals surface area (Å²) in [5.41, 5.74) is -0.165. The molecule has 28 heavy (non-hydrogen) atoms. The third kappa shape index (κ3) is 2.98. The molecule has 1 aromatic rings. The van der Waals surface area contributed by atoms with Gasteiger partial charge in [-0.15, -0.1) is 0 Å². The summed E-state index contributed by atoms with van der Waals surface area (Å²) in [6.07, 6.45) is 8.86. The number of nitrogens with zero attached hydrogens (tertiary/aromatic N) is 1. The van der Waals surface area contributed by atoms with Crippen molar-refractivity contribution in [2.45, 2.75) is 77.3 Å². The summed E-state index contributed by atoms with van der Waals surface area (Å²) in [7, 11) is 0. The first kappa shape index (κ1) is 18.3. The van der Waals surface area contributed by atoms with Gasteiger partial charge in [0.25, 0.3) is 0 Å². The molecule has 2 amide bonds. The van der Waals surface area contributed by atoms with Crippen LogP contribution in [0.5, 0.6) is 0 Å². The minimum Gasteiger partial charge on any atom is -0.464 e. The minimum atomic E-state index is -0.320. The number of aryl methyl sites for hydroxylation is 1. The minimum absolute atomic E-state index is 0.0304. The van der Waals surface area contributed by atoms with E-state index in [4.69, 9.17) is 4.42 Å². The van der Waals surface area contributed by atoms with Crippen LogP contribution in [0.15, 0.2) is 16.5 Å². The molecule has 2 unspecified atom stereocenters. The van der Waals surface area contributed by atoms with Crippen molar-refractivity contribution in [1.82, 2.24) is 10.2 Å². The molecule has 1 aromatic heterocycles.